The number of benzene rings is 3. The zero-order valence-corrected chi connectivity index (χ0v) is 23.0. The van der Waals surface area contributed by atoms with Crippen molar-refractivity contribution in [2.45, 2.75) is 0 Å². The lowest BCUT2D eigenvalue weighted by Gasteiger charge is -2.11. The number of esters is 1. The predicted octanol–water partition coefficient (Wildman–Crippen LogP) is 6.42. The molecule has 37 heavy (non-hydrogen) atoms. The molecule has 0 aliphatic heterocycles. The van der Waals surface area contributed by atoms with Crippen molar-refractivity contribution in [1.29, 1.82) is 0 Å². The number of methoxy groups -OCH3 is 1. The smallest absolute Gasteiger partial charge is 0.343 e. The number of carbonyl (C=O) groups excluding carboxylic acids is 1. The third kappa shape index (κ3) is 5.18. The minimum Gasteiger partial charge on any atom is -0.480 e. The SMILES string of the molecule is COC(=O)COc1c(Br)cc(Cl)cc1C=Nn1c(-c2cc3cc(Br)ccc3o2)nc2ccccc2c1=O. The summed E-state index contributed by atoms with van der Waals surface area (Å²) in [6.07, 6.45) is 1.41. The zero-order valence-electron chi connectivity index (χ0n) is 19.1. The van der Waals surface area contributed by atoms with Crippen molar-refractivity contribution in [3.8, 4) is 17.3 Å². The standard InChI is InChI=1S/C26H16Br2ClN3O5/c1-35-23(33)13-36-24-15(9-17(29)11-19(24)28)12-30-32-25(31-20-5-3-2-4-18(20)26(32)34)22-10-14-8-16(27)6-7-21(14)37-22/h2-12H,13H2,1H3. The molecule has 2 aromatic heterocycles. The van der Waals surface area contributed by atoms with Gasteiger partial charge in [0.1, 0.15) is 11.3 Å². The third-order valence-electron chi connectivity index (χ3n) is 5.36. The number of fused-ring (bicyclic) bond motifs is 2. The number of para-hydroxylation sites is 1. The van der Waals surface area contributed by atoms with Gasteiger partial charge in [-0.3, -0.25) is 4.79 Å². The lowest BCUT2D eigenvalue weighted by Crippen LogP contribution is -2.20. The first-order chi connectivity index (χ1) is 17.8. The summed E-state index contributed by atoms with van der Waals surface area (Å²) in [4.78, 5) is 29.8. The average Bonchev–Trinajstić information content (AvgIpc) is 3.30. The summed E-state index contributed by atoms with van der Waals surface area (Å²) in [7, 11) is 1.27. The predicted molar refractivity (Wildman–Crippen MR) is 149 cm³/mol. The maximum atomic E-state index is 13.5. The number of aromatic nitrogens is 2. The van der Waals surface area contributed by atoms with Crippen molar-refractivity contribution in [2.24, 2.45) is 5.10 Å². The summed E-state index contributed by atoms with van der Waals surface area (Å²) in [6, 6.07) is 17.6. The number of halogens is 3. The Morgan fingerprint density at radius 3 is 2.78 bits per heavy atom. The fourth-order valence-corrected chi connectivity index (χ4v) is 4.98. The summed E-state index contributed by atoms with van der Waals surface area (Å²) in [6.45, 7) is -0.325. The van der Waals surface area contributed by atoms with E-state index in [1.165, 1.54) is 13.3 Å². The molecule has 186 valence electrons. The fourth-order valence-electron chi connectivity index (χ4n) is 3.65. The number of hydrogen-bond acceptors (Lipinski definition) is 7. The minimum absolute atomic E-state index is 0.213. The average molecular weight is 646 g/mol. The van der Waals surface area contributed by atoms with Crippen LogP contribution in [0.5, 0.6) is 5.75 Å². The van der Waals surface area contributed by atoms with Gasteiger partial charge < -0.3 is 13.9 Å². The molecule has 0 atom stereocenters. The van der Waals surface area contributed by atoms with Gasteiger partial charge in [0, 0.05) is 20.4 Å². The van der Waals surface area contributed by atoms with Crippen molar-refractivity contribution in [1.82, 2.24) is 9.66 Å². The highest BCUT2D eigenvalue weighted by Gasteiger charge is 2.17. The first-order valence-electron chi connectivity index (χ1n) is 10.8. The van der Waals surface area contributed by atoms with Crippen molar-refractivity contribution in [3.63, 3.8) is 0 Å². The maximum absolute atomic E-state index is 13.5. The zero-order chi connectivity index (χ0) is 26.1. The highest BCUT2D eigenvalue weighted by molar-refractivity contribution is 9.10. The molecule has 11 heteroatoms. The van der Waals surface area contributed by atoms with Crippen LogP contribution in [-0.4, -0.2) is 35.6 Å². The van der Waals surface area contributed by atoms with E-state index in [0.29, 0.717) is 43.1 Å². The van der Waals surface area contributed by atoms with Gasteiger partial charge in [-0.05, 0) is 64.5 Å². The van der Waals surface area contributed by atoms with Crippen LogP contribution in [0.15, 0.2) is 83.9 Å². The van der Waals surface area contributed by atoms with E-state index in [9.17, 15) is 9.59 Å². The number of rotatable bonds is 6. The Balaban J connectivity index is 1.67. The Morgan fingerprint density at radius 2 is 1.97 bits per heavy atom. The van der Waals surface area contributed by atoms with E-state index in [-0.39, 0.29) is 12.4 Å². The molecular weight excluding hydrogens is 630 g/mol. The van der Waals surface area contributed by atoms with E-state index in [2.05, 4.69) is 46.7 Å². The summed E-state index contributed by atoms with van der Waals surface area (Å²) in [5, 5.41) is 6.07. The normalized spacial score (nSPS) is 11.5. The van der Waals surface area contributed by atoms with Gasteiger partial charge in [0.2, 0.25) is 5.82 Å². The van der Waals surface area contributed by atoms with Crippen LogP contribution in [0.2, 0.25) is 5.02 Å². The molecule has 0 saturated carbocycles. The molecule has 0 unspecified atom stereocenters. The number of furan rings is 1. The van der Waals surface area contributed by atoms with Gasteiger partial charge in [-0.2, -0.15) is 9.78 Å². The Labute approximate surface area is 231 Å². The molecule has 0 fully saturated rings. The van der Waals surface area contributed by atoms with Crippen molar-refractivity contribution in [3.05, 3.63) is 90.5 Å². The molecule has 0 amide bonds. The molecule has 0 spiro atoms. The number of ether oxygens (including phenoxy) is 2. The molecule has 0 aliphatic rings. The van der Waals surface area contributed by atoms with Crippen LogP contribution in [0.3, 0.4) is 0 Å². The topological polar surface area (TPSA) is 95.9 Å². The summed E-state index contributed by atoms with van der Waals surface area (Å²) in [5.41, 5.74) is 1.16. The molecule has 0 N–H and O–H groups in total. The van der Waals surface area contributed by atoms with E-state index >= 15 is 0 Å². The van der Waals surface area contributed by atoms with E-state index in [0.717, 1.165) is 14.5 Å². The van der Waals surface area contributed by atoms with Gasteiger partial charge in [-0.25, -0.2) is 9.78 Å². The van der Waals surface area contributed by atoms with E-state index in [4.69, 9.17) is 20.8 Å². The lowest BCUT2D eigenvalue weighted by molar-refractivity contribution is -0.142. The Hall–Kier alpha value is -3.47. The van der Waals surface area contributed by atoms with Crippen molar-refractivity contribution in [2.75, 3.05) is 13.7 Å². The second-order valence-corrected chi connectivity index (χ2v) is 9.98. The van der Waals surface area contributed by atoms with Gasteiger partial charge in [0.05, 0.1) is 28.7 Å². The molecule has 8 nitrogen and oxygen atoms in total. The van der Waals surface area contributed by atoms with Crippen LogP contribution in [0, 0.1) is 0 Å². The van der Waals surface area contributed by atoms with Crippen LogP contribution < -0.4 is 10.3 Å². The van der Waals surface area contributed by atoms with Crippen molar-refractivity contribution >= 4 is 77.5 Å². The second kappa shape index (κ2) is 10.5. The Morgan fingerprint density at radius 1 is 1.16 bits per heavy atom. The summed E-state index contributed by atoms with van der Waals surface area (Å²) in [5.74, 6) is 0.321. The van der Waals surface area contributed by atoms with Crippen LogP contribution in [-0.2, 0) is 9.53 Å². The lowest BCUT2D eigenvalue weighted by atomic mass is 10.2. The van der Waals surface area contributed by atoms with Crippen LogP contribution in [0.1, 0.15) is 5.56 Å². The molecule has 5 aromatic rings. The van der Waals surface area contributed by atoms with Crippen molar-refractivity contribution < 1.29 is 18.7 Å². The van der Waals surface area contributed by atoms with Crippen LogP contribution >= 0.6 is 43.5 Å². The van der Waals surface area contributed by atoms with Gasteiger partial charge in [0.15, 0.2) is 12.4 Å². The van der Waals surface area contributed by atoms with Crippen LogP contribution in [0.4, 0.5) is 0 Å². The number of nitrogens with zero attached hydrogens (tertiary/aromatic N) is 3. The Kier molecular flexibility index (Phi) is 7.14. The highest BCUT2D eigenvalue weighted by Crippen LogP contribution is 2.33. The minimum atomic E-state index is -0.557. The molecule has 0 saturated heterocycles. The molecule has 3 aromatic carbocycles. The van der Waals surface area contributed by atoms with Gasteiger partial charge in [-0.1, -0.05) is 39.7 Å². The second-order valence-electron chi connectivity index (χ2n) is 7.78. The first-order valence-corrected chi connectivity index (χ1v) is 12.7. The van der Waals surface area contributed by atoms with E-state index in [1.807, 2.05) is 18.2 Å². The van der Waals surface area contributed by atoms with Crippen LogP contribution in [0.25, 0.3) is 33.5 Å². The molecule has 0 radical (unpaired) electrons. The van der Waals surface area contributed by atoms with Gasteiger partial charge in [0.25, 0.3) is 5.56 Å². The molecular formula is C26H16Br2ClN3O5. The van der Waals surface area contributed by atoms with E-state index < -0.39 is 11.5 Å². The fraction of sp³-hybridized carbons (Fsp3) is 0.0769. The maximum Gasteiger partial charge on any atom is 0.343 e. The summed E-state index contributed by atoms with van der Waals surface area (Å²) >= 11 is 13.1. The molecule has 5 rings (SSSR count). The molecule has 0 aliphatic carbocycles. The summed E-state index contributed by atoms with van der Waals surface area (Å²) < 4.78 is 18.9. The third-order valence-corrected chi connectivity index (χ3v) is 6.66. The number of hydrogen-bond donors (Lipinski definition) is 0. The van der Waals surface area contributed by atoms with E-state index in [1.54, 1.807) is 42.5 Å². The monoisotopic (exact) mass is 643 g/mol. The molecule has 2 heterocycles. The largest absolute Gasteiger partial charge is 0.480 e. The quantitative estimate of drug-likeness (QED) is 0.156. The van der Waals surface area contributed by atoms with Gasteiger partial charge in [-0.15, -0.1) is 0 Å². The van der Waals surface area contributed by atoms with Gasteiger partial charge >= 0.3 is 5.97 Å². The number of carbonyl (C=O) groups is 1. The first kappa shape index (κ1) is 25.2. The Bertz CT molecular complexity index is 1760. The highest BCUT2D eigenvalue weighted by atomic mass is 79.9. The molecule has 0 bridgehead atoms.